The zero-order valence-electron chi connectivity index (χ0n) is 11.1. The summed E-state index contributed by atoms with van der Waals surface area (Å²) in [6, 6.07) is 2.57. The van der Waals surface area contributed by atoms with Gasteiger partial charge in [-0.2, -0.15) is 9.97 Å². The average Bonchev–Trinajstić information content (AvgIpc) is 2.38. The molecule has 1 aromatic rings. The first-order valence-corrected chi connectivity index (χ1v) is 6.18. The van der Waals surface area contributed by atoms with Crippen molar-refractivity contribution in [1.82, 2.24) is 15.3 Å². The third-order valence-corrected chi connectivity index (χ3v) is 3.05. The first-order valence-electron chi connectivity index (χ1n) is 6.18. The highest BCUT2D eigenvalue weighted by Crippen LogP contribution is 2.19. The molecule has 1 aliphatic heterocycles. The Bertz CT molecular complexity index is 377. The van der Waals surface area contributed by atoms with E-state index < -0.39 is 0 Å². The molecule has 18 heavy (non-hydrogen) atoms. The second-order valence-electron chi connectivity index (χ2n) is 4.50. The van der Waals surface area contributed by atoms with Crippen LogP contribution in [0.15, 0.2) is 6.07 Å². The summed E-state index contributed by atoms with van der Waals surface area (Å²) in [5, 5.41) is 6.75. The van der Waals surface area contributed by atoms with Gasteiger partial charge in [-0.3, -0.25) is 0 Å². The number of methoxy groups -OCH3 is 2. The van der Waals surface area contributed by atoms with E-state index in [1.54, 1.807) is 20.3 Å². The molecule has 2 atom stereocenters. The number of anilines is 1. The van der Waals surface area contributed by atoms with Gasteiger partial charge in [-0.05, 0) is 26.3 Å². The minimum atomic E-state index is 0.387. The van der Waals surface area contributed by atoms with Crippen molar-refractivity contribution in [1.29, 1.82) is 0 Å². The zero-order valence-corrected chi connectivity index (χ0v) is 11.1. The standard InChI is InChI=1S/C12H20N4O2/c1-8-6-9(4-5-13-8)14-12-15-10(17-2)7-11(16-12)18-3/h7-9,13H,4-6H2,1-3H3,(H,14,15,16). The van der Waals surface area contributed by atoms with Gasteiger partial charge in [0, 0.05) is 12.1 Å². The maximum atomic E-state index is 5.12. The van der Waals surface area contributed by atoms with E-state index >= 15 is 0 Å². The lowest BCUT2D eigenvalue weighted by atomic mass is 10.0. The van der Waals surface area contributed by atoms with Gasteiger partial charge in [0.25, 0.3) is 0 Å². The monoisotopic (exact) mass is 252 g/mol. The molecule has 1 saturated heterocycles. The van der Waals surface area contributed by atoms with Crippen LogP contribution in [0.25, 0.3) is 0 Å². The zero-order chi connectivity index (χ0) is 13.0. The molecule has 0 radical (unpaired) electrons. The number of hydrogen-bond acceptors (Lipinski definition) is 6. The van der Waals surface area contributed by atoms with Crippen LogP contribution in [-0.2, 0) is 0 Å². The van der Waals surface area contributed by atoms with E-state index in [1.807, 2.05) is 0 Å². The van der Waals surface area contributed by atoms with E-state index in [9.17, 15) is 0 Å². The molecule has 1 aliphatic rings. The summed E-state index contributed by atoms with van der Waals surface area (Å²) in [6.45, 7) is 3.20. The highest BCUT2D eigenvalue weighted by Gasteiger charge is 2.19. The fourth-order valence-corrected chi connectivity index (χ4v) is 2.12. The molecule has 6 nitrogen and oxygen atoms in total. The van der Waals surface area contributed by atoms with Crippen molar-refractivity contribution in [2.24, 2.45) is 0 Å². The molecule has 0 aromatic carbocycles. The van der Waals surface area contributed by atoms with Crippen LogP contribution in [0.5, 0.6) is 11.8 Å². The van der Waals surface area contributed by atoms with Crippen molar-refractivity contribution in [3.8, 4) is 11.8 Å². The van der Waals surface area contributed by atoms with Gasteiger partial charge in [0.15, 0.2) is 0 Å². The van der Waals surface area contributed by atoms with Crippen LogP contribution in [-0.4, -0.2) is 42.8 Å². The van der Waals surface area contributed by atoms with Gasteiger partial charge in [-0.15, -0.1) is 0 Å². The Morgan fingerprint density at radius 1 is 1.28 bits per heavy atom. The molecule has 0 saturated carbocycles. The van der Waals surface area contributed by atoms with Crippen LogP contribution in [0.4, 0.5) is 5.95 Å². The van der Waals surface area contributed by atoms with Crippen LogP contribution in [0.1, 0.15) is 19.8 Å². The third kappa shape index (κ3) is 3.22. The second-order valence-corrected chi connectivity index (χ2v) is 4.50. The van der Waals surface area contributed by atoms with Gasteiger partial charge in [-0.1, -0.05) is 0 Å². The Hall–Kier alpha value is -1.56. The van der Waals surface area contributed by atoms with Crippen LogP contribution >= 0.6 is 0 Å². The fourth-order valence-electron chi connectivity index (χ4n) is 2.12. The van der Waals surface area contributed by atoms with Crippen LogP contribution < -0.4 is 20.1 Å². The number of hydrogen-bond donors (Lipinski definition) is 2. The Balaban J connectivity index is 2.07. The Kier molecular flexibility index (Phi) is 4.19. The molecule has 1 aromatic heterocycles. The minimum Gasteiger partial charge on any atom is -0.481 e. The lowest BCUT2D eigenvalue weighted by molar-refractivity contribution is 0.369. The highest BCUT2D eigenvalue weighted by molar-refractivity contribution is 5.34. The second kappa shape index (κ2) is 5.86. The average molecular weight is 252 g/mol. The van der Waals surface area contributed by atoms with Gasteiger partial charge < -0.3 is 20.1 Å². The lowest BCUT2D eigenvalue weighted by Gasteiger charge is -2.28. The summed E-state index contributed by atoms with van der Waals surface area (Å²) in [5.41, 5.74) is 0. The van der Waals surface area contributed by atoms with E-state index in [2.05, 4.69) is 27.5 Å². The predicted octanol–water partition coefficient (Wildman–Crippen LogP) is 1.05. The Morgan fingerprint density at radius 2 is 1.94 bits per heavy atom. The maximum absolute atomic E-state index is 5.12. The lowest BCUT2D eigenvalue weighted by Crippen LogP contribution is -2.41. The Labute approximate surface area is 107 Å². The number of aromatic nitrogens is 2. The summed E-state index contributed by atoms with van der Waals surface area (Å²) in [4.78, 5) is 8.55. The molecule has 1 fully saturated rings. The van der Waals surface area contributed by atoms with E-state index in [1.165, 1.54) is 0 Å². The molecule has 2 N–H and O–H groups in total. The highest BCUT2D eigenvalue weighted by atomic mass is 16.5. The van der Waals surface area contributed by atoms with E-state index in [0.29, 0.717) is 29.8 Å². The van der Waals surface area contributed by atoms with E-state index in [-0.39, 0.29) is 0 Å². The summed E-state index contributed by atoms with van der Waals surface area (Å²) < 4.78 is 10.2. The molecule has 2 rings (SSSR count). The van der Waals surface area contributed by atoms with Crippen LogP contribution in [0.2, 0.25) is 0 Å². The molecule has 0 bridgehead atoms. The minimum absolute atomic E-state index is 0.387. The molecular formula is C12H20N4O2. The predicted molar refractivity (Wildman–Crippen MR) is 69.2 cm³/mol. The molecule has 100 valence electrons. The summed E-state index contributed by atoms with van der Waals surface area (Å²) >= 11 is 0. The van der Waals surface area contributed by atoms with Gasteiger partial charge in [0.1, 0.15) is 0 Å². The number of ether oxygens (including phenoxy) is 2. The van der Waals surface area contributed by atoms with Gasteiger partial charge >= 0.3 is 0 Å². The van der Waals surface area contributed by atoms with Crippen molar-refractivity contribution in [2.75, 3.05) is 26.1 Å². The molecule has 0 amide bonds. The first kappa shape index (κ1) is 12.9. The van der Waals surface area contributed by atoms with E-state index in [0.717, 1.165) is 19.4 Å². The smallest absolute Gasteiger partial charge is 0.229 e. The van der Waals surface area contributed by atoms with Crippen LogP contribution in [0.3, 0.4) is 0 Å². The molecule has 2 heterocycles. The molecule has 6 heteroatoms. The summed E-state index contributed by atoms with van der Waals surface area (Å²) in [6.07, 6.45) is 2.12. The molecule has 2 unspecified atom stereocenters. The number of rotatable bonds is 4. The number of nitrogens with zero attached hydrogens (tertiary/aromatic N) is 2. The molecule has 0 aliphatic carbocycles. The van der Waals surface area contributed by atoms with Crippen molar-refractivity contribution >= 4 is 5.95 Å². The van der Waals surface area contributed by atoms with Crippen molar-refractivity contribution in [3.05, 3.63) is 6.07 Å². The first-order chi connectivity index (χ1) is 8.71. The summed E-state index contributed by atoms with van der Waals surface area (Å²) in [5.74, 6) is 1.57. The quantitative estimate of drug-likeness (QED) is 0.834. The number of nitrogens with one attached hydrogen (secondary N) is 2. The van der Waals surface area contributed by atoms with Crippen molar-refractivity contribution in [2.45, 2.75) is 31.8 Å². The SMILES string of the molecule is COc1cc(OC)nc(NC2CCNC(C)C2)n1. The van der Waals surface area contributed by atoms with Gasteiger partial charge in [0.2, 0.25) is 17.7 Å². The Morgan fingerprint density at radius 3 is 2.50 bits per heavy atom. The summed E-state index contributed by atoms with van der Waals surface area (Å²) in [7, 11) is 3.16. The molecular weight excluding hydrogens is 232 g/mol. The fraction of sp³-hybridized carbons (Fsp3) is 0.667. The largest absolute Gasteiger partial charge is 0.481 e. The van der Waals surface area contributed by atoms with Crippen molar-refractivity contribution < 1.29 is 9.47 Å². The number of piperidine rings is 1. The molecule has 0 spiro atoms. The van der Waals surface area contributed by atoms with Gasteiger partial charge in [-0.25, -0.2) is 0 Å². The normalized spacial score (nSPS) is 23.5. The van der Waals surface area contributed by atoms with E-state index in [4.69, 9.17) is 9.47 Å². The van der Waals surface area contributed by atoms with Crippen LogP contribution in [0, 0.1) is 0 Å². The van der Waals surface area contributed by atoms with Gasteiger partial charge in [0.05, 0.1) is 20.3 Å². The third-order valence-electron chi connectivity index (χ3n) is 3.05. The topological polar surface area (TPSA) is 68.3 Å². The van der Waals surface area contributed by atoms with Crippen molar-refractivity contribution in [3.63, 3.8) is 0 Å². The maximum Gasteiger partial charge on any atom is 0.229 e.